The zero-order valence-corrected chi connectivity index (χ0v) is 16.3. The van der Waals surface area contributed by atoms with Crippen LogP contribution in [0.2, 0.25) is 0 Å². The van der Waals surface area contributed by atoms with Gasteiger partial charge in [0.15, 0.2) is 0 Å². The number of halogens is 1. The topological polar surface area (TPSA) is 53.6 Å². The first-order valence-electron chi connectivity index (χ1n) is 8.59. The monoisotopic (exact) mass is 387 g/mol. The summed E-state index contributed by atoms with van der Waals surface area (Å²) < 4.78 is 16.6. The first kappa shape index (κ1) is 19.6. The average molecular weight is 387 g/mol. The number of benzene rings is 2. The third-order valence-electron chi connectivity index (χ3n) is 4.56. The minimum Gasteiger partial charge on any atom is -0.277 e. The van der Waals surface area contributed by atoms with E-state index >= 15 is 0 Å². The predicted octanol–water partition coefficient (Wildman–Crippen LogP) is 3.63. The van der Waals surface area contributed by atoms with Gasteiger partial charge in [-0.1, -0.05) is 49.4 Å². The molecular weight excluding hydrogens is 365 g/mol. The van der Waals surface area contributed by atoms with Crippen molar-refractivity contribution in [3.63, 3.8) is 0 Å². The molecule has 0 fully saturated rings. The van der Waals surface area contributed by atoms with Crippen LogP contribution in [0.5, 0.6) is 0 Å². The molecule has 1 amide bonds. The number of carbonyl (C=O) groups excluding carboxylic acids is 1. The molecule has 0 aliphatic carbocycles. The molecule has 1 heterocycles. The van der Waals surface area contributed by atoms with E-state index in [1.807, 2.05) is 47.7 Å². The van der Waals surface area contributed by atoms with E-state index in [4.69, 9.17) is 4.84 Å². The van der Waals surface area contributed by atoms with Gasteiger partial charge in [-0.25, -0.2) is 15.3 Å². The van der Waals surface area contributed by atoms with Gasteiger partial charge in [0.25, 0.3) is 5.91 Å². The van der Waals surface area contributed by atoms with Gasteiger partial charge in [0.2, 0.25) is 0 Å². The Bertz CT molecular complexity index is 858. The molecule has 1 atom stereocenters. The van der Waals surface area contributed by atoms with E-state index in [1.165, 1.54) is 19.1 Å². The zero-order chi connectivity index (χ0) is 19.4. The second kappa shape index (κ2) is 8.67. The highest BCUT2D eigenvalue weighted by Gasteiger charge is 2.31. The highest BCUT2D eigenvalue weighted by molar-refractivity contribution is 8.02. The molecule has 2 aromatic carbocycles. The second-order valence-electron chi connectivity index (χ2n) is 6.17. The van der Waals surface area contributed by atoms with Crippen molar-refractivity contribution in [1.82, 2.24) is 15.3 Å². The maximum Gasteiger partial charge on any atom is 0.282 e. The van der Waals surface area contributed by atoms with Crippen LogP contribution in [0.15, 0.2) is 59.0 Å². The summed E-state index contributed by atoms with van der Waals surface area (Å²) in [4.78, 5) is 17.6. The molecular formula is C20H22FN3O2S. The molecule has 0 saturated heterocycles. The first-order chi connectivity index (χ1) is 13.0. The number of hydrogen-bond acceptors (Lipinski definition) is 5. The average Bonchev–Trinajstić information content (AvgIpc) is 3.13. The lowest BCUT2D eigenvalue weighted by Gasteiger charge is -2.17. The third kappa shape index (κ3) is 4.22. The van der Waals surface area contributed by atoms with Crippen molar-refractivity contribution in [2.45, 2.75) is 12.8 Å². The van der Waals surface area contributed by atoms with E-state index in [0.29, 0.717) is 17.0 Å². The number of carbonyl (C=O) groups is 1. The summed E-state index contributed by atoms with van der Waals surface area (Å²) in [5.74, 6) is -0.693. The SMILES string of the molecule is CNN1CC(C(C)c2ccc(-c3ccccc3)c(F)c2)=C(C(=O)NOC)S1. The van der Waals surface area contributed by atoms with Crippen LogP contribution < -0.4 is 10.9 Å². The Balaban J connectivity index is 1.92. The van der Waals surface area contributed by atoms with Crippen LogP contribution in [0.3, 0.4) is 0 Å². The fourth-order valence-corrected chi connectivity index (χ4v) is 4.06. The highest BCUT2D eigenvalue weighted by Crippen LogP contribution is 2.39. The Hall–Kier alpha value is -2.19. The lowest BCUT2D eigenvalue weighted by molar-refractivity contribution is -0.126. The summed E-state index contributed by atoms with van der Waals surface area (Å²) in [5.41, 5.74) is 8.53. The number of hydrogen-bond donors (Lipinski definition) is 2. The molecule has 27 heavy (non-hydrogen) atoms. The fraction of sp³-hybridized carbons (Fsp3) is 0.250. The molecule has 5 nitrogen and oxygen atoms in total. The molecule has 1 aliphatic rings. The molecule has 0 saturated carbocycles. The van der Waals surface area contributed by atoms with Crippen LogP contribution in [-0.2, 0) is 9.63 Å². The number of amides is 1. The van der Waals surface area contributed by atoms with Crippen LogP contribution in [-0.4, -0.2) is 31.0 Å². The molecule has 7 heteroatoms. The Kier molecular flexibility index (Phi) is 6.28. The van der Waals surface area contributed by atoms with Gasteiger partial charge in [0, 0.05) is 18.0 Å². The molecule has 2 aromatic rings. The largest absolute Gasteiger partial charge is 0.282 e. The maximum absolute atomic E-state index is 14.8. The molecule has 0 aromatic heterocycles. The Labute approximate surface area is 162 Å². The molecule has 0 bridgehead atoms. The molecule has 1 unspecified atom stereocenters. The molecule has 142 valence electrons. The van der Waals surface area contributed by atoms with E-state index in [9.17, 15) is 9.18 Å². The third-order valence-corrected chi connectivity index (χ3v) is 5.72. The van der Waals surface area contributed by atoms with Gasteiger partial charge < -0.3 is 0 Å². The van der Waals surface area contributed by atoms with Crippen LogP contribution in [0.1, 0.15) is 18.4 Å². The molecule has 3 rings (SSSR count). The van der Waals surface area contributed by atoms with Crippen LogP contribution in [0.4, 0.5) is 4.39 Å². The zero-order valence-electron chi connectivity index (χ0n) is 15.5. The summed E-state index contributed by atoms with van der Waals surface area (Å²) in [7, 11) is 3.19. The number of rotatable bonds is 6. The van der Waals surface area contributed by atoms with Crippen molar-refractivity contribution in [3.05, 3.63) is 70.4 Å². The van der Waals surface area contributed by atoms with Crippen LogP contribution >= 0.6 is 11.9 Å². The van der Waals surface area contributed by atoms with Gasteiger partial charge in [-0.05, 0) is 41.8 Å². The summed E-state index contributed by atoms with van der Waals surface area (Å²) in [6, 6.07) is 14.7. The molecule has 1 aliphatic heterocycles. The highest BCUT2D eigenvalue weighted by atomic mass is 32.2. The maximum atomic E-state index is 14.8. The van der Waals surface area contributed by atoms with E-state index in [0.717, 1.165) is 16.7 Å². The van der Waals surface area contributed by atoms with E-state index in [-0.39, 0.29) is 17.6 Å². The lowest BCUT2D eigenvalue weighted by Crippen LogP contribution is -2.27. The van der Waals surface area contributed by atoms with Gasteiger partial charge in [-0.2, -0.15) is 4.41 Å². The molecule has 0 spiro atoms. The fourth-order valence-electron chi connectivity index (χ4n) is 3.07. The molecule has 0 radical (unpaired) electrons. The van der Waals surface area contributed by atoms with Crippen LogP contribution in [0, 0.1) is 5.82 Å². The van der Waals surface area contributed by atoms with E-state index < -0.39 is 0 Å². The quantitative estimate of drug-likeness (QED) is 0.586. The van der Waals surface area contributed by atoms with Gasteiger partial charge in [0.05, 0.1) is 12.0 Å². The van der Waals surface area contributed by atoms with Gasteiger partial charge in [-0.15, -0.1) is 0 Å². The summed E-state index contributed by atoms with van der Waals surface area (Å²) in [6.07, 6.45) is 0. The normalized spacial score (nSPS) is 15.9. The summed E-state index contributed by atoms with van der Waals surface area (Å²) >= 11 is 1.31. The minimum atomic E-state index is -0.302. The number of nitrogens with one attached hydrogen (secondary N) is 2. The van der Waals surface area contributed by atoms with Crippen molar-refractivity contribution in [2.75, 3.05) is 20.7 Å². The number of nitrogens with zero attached hydrogens (tertiary/aromatic N) is 1. The van der Waals surface area contributed by atoms with Crippen molar-refractivity contribution in [1.29, 1.82) is 0 Å². The van der Waals surface area contributed by atoms with Gasteiger partial charge >= 0.3 is 0 Å². The lowest BCUT2D eigenvalue weighted by atomic mass is 9.90. The van der Waals surface area contributed by atoms with Crippen molar-refractivity contribution >= 4 is 17.9 Å². The van der Waals surface area contributed by atoms with Crippen LogP contribution in [0.25, 0.3) is 11.1 Å². The molecule has 2 N–H and O–H groups in total. The van der Waals surface area contributed by atoms with Crippen molar-refractivity contribution < 1.29 is 14.0 Å². The minimum absolute atomic E-state index is 0.118. The van der Waals surface area contributed by atoms with Gasteiger partial charge in [0.1, 0.15) is 5.82 Å². The van der Waals surface area contributed by atoms with Gasteiger partial charge in [-0.3, -0.25) is 9.63 Å². The smallest absolute Gasteiger partial charge is 0.277 e. The number of hydrazine groups is 1. The van der Waals surface area contributed by atoms with E-state index in [1.54, 1.807) is 19.2 Å². The van der Waals surface area contributed by atoms with Crippen molar-refractivity contribution in [3.8, 4) is 11.1 Å². The van der Waals surface area contributed by atoms with E-state index in [2.05, 4.69) is 10.9 Å². The first-order valence-corrected chi connectivity index (χ1v) is 9.36. The summed E-state index contributed by atoms with van der Waals surface area (Å²) in [5, 5.41) is 0. The second-order valence-corrected chi connectivity index (χ2v) is 7.20. The standard InChI is InChI=1S/C20H22FN3O2S/c1-13(17-12-24(22-2)27-19(17)20(25)23-26-3)15-9-10-16(18(21)11-15)14-7-5-4-6-8-14/h4-11,13,22H,12H2,1-3H3,(H,23,25). The Morgan fingerprint density at radius 1 is 1.26 bits per heavy atom. The Morgan fingerprint density at radius 3 is 2.63 bits per heavy atom. The number of hydroxylamine groups is 1. The summed E-state index contributed by atoms with van der Waals surface area (Å²) in [6.45, 7) is 2.53. The Morgan fingerprint density at radius 2 is 2.00 bits per heavy atom. The van der Waals surface area contributed by atoms with Crippen molar-refractivity contribution in [2.24, 2.45) is 0 Å². The predicted molar refractivity (Wildman–Crippen MR) is 106 cm³/mol.